The van der Waals surface area contributed by atoms with Gasteiger partial charge in [-0.25, -0.2) is 0 Å². The molecular formula is C39H28F3NO2. The highest BCUT2D eigenvalue weighted by Crippen LogP contribution is 2.57. The fourth-order valence-corrected chi connectivity index (χ4v) is 6.95. The van der Waals surface area contributed by atoms with Gasteiger partial charge in [-0.3, -0.25) is 4.79 Å². The largest absolute Gasteiger partial charge is 0.455 e. The van der Waals surface area contributed by atoms with Gasteiger partial charge in [0.1, 0.15) is 5.58 Å². The van der Waals surface area contributed by atoms with E-state index >= 15 is 0 Å². The Morgan fingerprint density at radius 1 is 0.778 bits per heavy atom. The quantitative estimate of drug-likeness (QED) is 0.183. The minimum Gasteiger partial charge on any atom is -0.455 e. The topological polar surface area (TPSA) is 33.2 Å². The fourth-order valence-electron chi connectivity index (χ4n) is 6.95. The van der Waals surface area contributed by atoms with Crippen LogP contribution in [0.5, 0.6) is 0 Å². The predicted molar refractivity (Wildman–Crippen MR) is 170 cm³/mol. The van der Waals surface area contributed by atoms with Gasteiger partial charge in [0.25, 0.3) is 0 Å². The summed E-state index contributed by atoms with van der Waals surface area (Å²) in [5.41, 5.74) is 5.83. The third-order valence-electron chi connectivity index (χ3n) is 9.24. The molecule has 1 saturated heterocycles. The lowest BCUT2D eigenvalue weighted by Crippen LogP contribution is -2.25. The minimum atomic E-state index is -4.35. The van der Waals surface area contributed by atoms with Crippen molar-refractivity contribution in [3.8, 4) is 0 Å². The molecule has 0 spiro atoms. The maximum Gasteiger partial charge on any atom is 0.416 e. The van der Waals surface area contributed by atoms with E-state index in [0.29, 0.717) is 29.5 Å². The van der Waals surface area contributed by atoms with Crippen molar-refractivity contribution in [1.29, 1.82) is 0 Å². The van der Waals surface area contributed by atoms with Crippen molar-refractivity contribution in [1.82, 2.24) is 4.90 Å². The number of hydrogen-bond acceptors (Lipinski definition) is 3. The van der Waals surface area contributed by atoms with E-state index < -0.39 is 11.7 Å². The van der Waals surface area contributed by atoms with E-state index in [9.17, 15) is 18.0 Å². The van der Waals surface area contributed by atoms with Crippen molar-refractivity contribution in [2.24, 2.45) is 5.92 Å². The maximum absolute atomic E-state index is 14.0. The normalized spacial score (nSPS) is 20.8. The predicted octanol–water partition coefficient (Wildman–Crippen LogP) is 9.23. The molecule has 2 fully saturated rings. The lowest BCUT2D eigenvalue weighted by molar-refractivity contribution is -0.137. The summed E-state index contributed by atoms with van der Waals surface area (Å²) in [5.74, 6) is 0.997. The van der Waals surface area contributed by atoms with Gasteiger partial charge < -0.3 is 9.32 Å². The molecule has 5 aromatic rings. The summed E-state index contributed by atoms with van der Waals surface area (Å²) in [6.07, 6.45) is 1.25. The number of hydrogen-bond donors (Lipinski definition) is 0. The van der Waals surface area contributed by atoms with Gasteiger partial charge in [-0.2, -0.15) is 13.2 Å². The number of benzene rings is 4. The number of nitrogens with zero attached hydrogens (tertiary/aromatic N) is 1. The van der Waals surface area contributed by atoms with Gasteiger partial charge in [-0.05, 0) is 71.9 Å². The molecule has 0 amide bonds. The van der Waals surface area contributed by atoms with Crippen molar-refractivity contribution in [3.05, 3.63) is 161 Å². The van der Waals surface area contributed by atoms with Gasteiger partial charge in [0, 0.05) is 22.1 Å². The van der Waals surface area contributed by atoms with E-state index in [0.717, 1.165) is 51.1 Å². The van der Waals surface area contributed by atoms with Crippen molar-refractivity contribution >= 4 is 33.6 Å². The molecule has 45 heavy (non-hydrogen) atoms. The Morgan fingerprint density at radius 2 is 1.38 bits per heavy atom. The van der Waals surface area contributed by atoms with Crippen LogP contribution in [-0.4, -0.2) is 22.8 Å². The molecule has 3 atom stereocenters. The Labute approximate surface area is 258 Å². The number of fused-ring (bicyclic) bond motifs is 2. The van der Waals surface area contributed by atoms with Crippen LogP contribution in [0, 0.1) is 5.92 Å². The molecule has 2 heterocycles. The van der Waals surface area contributed by atoms with Crippen LogP contribution in [0.1, 0.15) is 34.4 Å². The van der Waals surface area contributed by atoms with Gasteiger partial charge in [0.15, 0.2) is 11.5 Å². The highest BCUT2D eigenvalue weighted by atomic mass is 19.4. The Balaban J connectivity index is 1.23. The van der Waals surface area contributed by atoms with Gasteiger partial charge in [-0.1, -0.05) is 91.0 Å². The number of likely N-dealkylation sites (tertiary alicyclic amines) is 1. The van der Waals surface area contributed by atoms with Crippen LogP contribution in [0.25, 0.3) is 27.8 Å². The van der Waals surface area contributed by atoms with Gasteiger partial charge in [-0.15, -0.1) is 0 Å². The molecule has 1 saturated carbocycles. The van der Waals surface area contributed by atoms with Crippen LogP contribution >= 0.6 is 0 Å². The first-order chi connectivity index (χ1) is 21.8. The molecule has 1 aliphatic heterocycles. The average Bonchev–Trinajstić information content (AvgIpc) is 3.40. The van der Waals surface area contributed by atoms with Crippen molar-refractivity contribution in [3.63, 3.8) is 0 Å². The molecule has 2 aliphatic carbocycles. The van der Waals surface area contributed by atoms with E-state index in [4.69, 9.17) is 4.42 Å². The minimum absolute atomic E-state index is 0.0333. The van der Waals surface area contributed by atoms with E-state index in [-0.39, 0.29) is 11.8 Å². The molecule has 3 aliphatic rings. The van der Waals surface area contributed by atoms with Crippen LogP contribution in [0.4, 0.5) is 13.2 Å². The molecular weight excluding hydrogens is 571 g/mol. The number of rotatable bonds is 6. The van der Waals surface area contributed by atoms with E-state index in [1.807, 2.05) is 97.1 Å². The molecule has 0 bridgehead atoms. The van der Waals surface area contributed by atoms with Gasteiger partial charge in [0.2, 0.25) is 0 Å². The first-order valence-electron chi connectivity index (χ1n) is 15.1. The Bertz CT molecular complexity index is 1920. The Morgan fingerprint density at radius 3 is 1.98 bits per heavy atom. The number of carbonyl (C=O) groups is 1. The van der Waals surface area contributed by atoms with Crippen molar-refractivity contribution in [2.75, 3.05) is 0 Å². The van der Waals surface area contributed by atoms with E-state index in [1.54, 1.807) is 12.1 Å². The van der Waals surface area contributed by atoms with Crippen LogP contribution in [0.3, 0.4) is 0 Å². The zero-order valence-corrected chi connectivity index (χ0v) is 24.2. The number of para-hydroxylation sites is 1. The molecule has 3 unspecified atom stereocenters. The summed E-state index contributed by atoms with van der Waals surface area (Å²) in [7, 11) is 0. The second-order valence-electron chi connectivity index (χ2n) is 12.0. The monoisotopic (exact) mass is 599 g/mol. The van der Waals surface area contributed by atoms with Gasteiger partial charge >= 0.3 is 6.18 Å². The number of Topliss-reactive ketones (excluding diaryl/α,β-unsaturated/α-hetero) is 1. The van der Waals surface area contributed by atoms with E-state index in [2.05, 4.69) is 11.0 Å². The first kappa shape index (κ1) is 27.4. The molecule has 1 aromatic heterocycles. The van der Waals surface area contributed by atoms with Crippen molar-refractivity contribution in [2.45, 2.75) is 31.1 Å². The molecule has 3 nitrogen and oxygen atoms in total. The molecule has 222 valence electrons. The number of furan rings is 1. The summed E-state index contributed by atoms with van der Waals surface area (Å²) < 4.78 is 45.9. The third-order valence-corrected chi connectivity index (χ3v) is 9.24. The first-order valence-corrected chi connectivity index (χ1v) is 15.1. The highest BCUT2D eigenvalue weighted by molar-refractivity contribution is 6.44. The zero-order valence-electron chi connectivity index (χ0n) is 24.2. The molecule has 8 rings (SSSR count). The van der Waals surface area contributed by atoms with E-state index in [1.165, 1.54) is 12.1 Å². The number of halogens is 3. The standard InChI is InChI=1S/C39H28F3NO2/c40-39(41,42)30-17-15-24(16-18-30)19-28-22-33-36(28)43(33)37(35-23-27-13-7-8-14-34(27)45-35)29-20-31(25-9-3-1-4-10-25)38(44)32(21-29)26-11-5-2-6-12-26/h1-18,20-21,23,28,33,36H,19,22H2. The second-order valence-corrected chi connectivity index (χ2v) is 12.0. The maximum atomic E-state index is 14.0. The molecule has 0 N–H and O–H groups in total. The lowest BCUT2D eigenvalue weighted by atomic mass is 9.81. The van der Waals surface area contributed by atoms with Crippen molar-refractivity contribution < 1.29 is 22.4 Å². The van der Waals surface area contributed by atoms with Crippen LogP contribution in [0.2, 0.25) is 0 Å². The molecule has 4 aromatic carbocycles. The number of alkyl halides is 3. The Hall–Kier alpha value is -5.10. The summed E-state index contributed by atoms with van der Waals surface area (Å²) in [5, 5.41) is 0.993. The van der Waals surface area contributed by atoms with Crippen LogP contribution in [-0.2, 0) is 17.4 Å². The van der Waals surface area contributed by atoms with Crippen LogP contribution in [0.15, 0.2) is 137 Å². The summed E-state index contributed by atoms with van der Waals surface area (Å²) in [4.78, 5) is 16.4. The Kier molecular flexibility index (Phi) is 6.41. The fraction of sp³-hybridized carbons (Fsp3) is 0.154. The van der Waals surface area contributed by atoms with Crippen LogP contribution < -0.4 is 0 Å². The number of carbonyl (C=O) groups excluding carboxylic acids is 1. The summed E-state index contributed by atoms with van der Waals surface area (Å²) in [6, 6.07) is 35.5. The number of ketones is 1. The van der Waals surface area contributed by atoms with Gasteiger partial charge in [0.05, 0.1) is 23.3 Å². The molecule has 6 heteroatoms. The second kappa shape index (κ2) is 10.5. The lowest BCUT2D eigenvalue weighted by Gasteiger charge is -2.21. The SMILES string of the molecule is O=C1C(c2ccccc2)=CC(=C(c2cc3ccccc3o2)N2C3CC(Cc4ccc(C(F)(F)F)cc4)C32)C=C1c1ccccc1. The highest BCUT2D eigenvalue weighted by Gasteiger charge is 2.62. The smallest absolute Gasteiger partial charge is 0.416 e. The average molecular weight is 600 g/mol. The molecule has 0 radical (unpaired) electrons. The number of allylic oxidation sites excluding steroid dienone is 5. The zero-order chi connectivity index (χ0) is 30.7. The summed E-state index contributed by atoms with van der Waals surface area (Å²) in [6.45, 7) is 0. The third kappa shape index (κ3) is 4.91. The summed E-state index contributed by atoms with van der Waals surface area (Å²) >= 11 is 0.